The van der Waals surface area contributed by atoms with Gasteiger partial charge in [0.2, 0.25) is 5.91 Å². The Balaban J connectivity index is 1.59. The van der Waals surface area contributed by atoms with Gasteiger partial charge >= 0.3 is 0 Å². The van der Waals surface area contributed by atoms with Crippen LogP contribution in [0.25, 0.3) is 22.4 Å². The summed E-state index contributed by atoms with van der Waals surface area (Å²) in [6.07, 6.45) is 4.53. The van der Waals surface area contributed by atoms with E-state index in [4.69, 9.17) is 5.26 Å². The van der Waals surface area contributed by atoms with Gasteiger partial charge in [0.1, 0.15) is 12.2 Å². The highest BCUT2D eigenvalue weighted by molar-refractivity contribution is 6.04. The molecule has 192 valence electrons. The molecule has 0 aliphatic carbocycles. The van der Waals surface area contributed by atoms with Gasteiger partial charge < -0.3 is 10.6 Å². The lowest BCUT2D eigenvalue weighted by atomic mass is 9.90. The number of rotatable bonds is 7. The number of pyridine rings is 3. The van der Waals surface area contributed by atoms with Gasteiger partial charge in [-0.15, -0.1) is 0 Å². The predicted octanol–water partition coefficient (Wildman–Crippen LogP) is 5.42. The van der Waals surface area contributed by atoms with Crippen LogP contribution in [0, 0.1) is 29.6 Å². The second kappa shape index (κ2) is 11.3. The van der Waals surface area contributed by atoms with E-state index >= 15 is 0 Å². The van der Waals surface area contributed by atoms with Crippen molar-refractivity contribution < 1.29 is 9.59 Å². The maximum atomic E-state index is 13.0. The number of carbonyl (C=O) groups excluding carboxylic acids is 2. The second-order valence-electron chi connectivity index (χ2n) is 9.39. The normalized spacial score (nSPS) is 10.7. The van der Waals surface area contributed by atoms with Crippen molar-refractivity contribution in [1.29, 1.82) is 10.5 Å². The number of aromatic nitrogens is 3. The lowest BCUT2D eigenvalue weighted by molar-refractivity contribution is -0.115. The smallest absolute Gasteiger partial charge is 0.255 e. The molecule has 1 aromatic carbocycles. The molecule has 3 aromatic heterocycles. The summed E-state index contributed by atoms with van der Waals surface area (Å²) in [6, 6.07) is 20.2. The van der Waals surface area contributed by atoms with Crippen molar-refractivity contribution in [2.24, 2.45) is 0 Å². The SMILES string of the molecule is Cc1ccc(NC(=O)c2ccnc(C(C)(C)C#N)c2)cc1-c1ccnc(-c2ccnc(NC(=O)CC#N)c2)c1. The fraction of sp³-hybridized carbons (Fsp3) is 0.167. The highest BCUT2D eigenvalue weighted by atomic mass is 16.2. The molecule has 9 nitrogen and oxygen atoms in total. The molecule has 0 saturated heterocycles. The first-order chi connectivity index (χ1) is 18.7. The Labute approximate surface area is 226 Å². The van der Waals surface area contributed by atoms with E-state index in [1.54, 1.807) is 50.5 Å². The van der Waals surface area contributed by atoms with Crippen molar-refractivity contribution in [3.05, 3.63) is 90.0 Å². The van der Waals surface area contributed by atoms with E-state index in [9.17, 15) is 14.9 Å². The van der Waals surface area contributed by atoms with Crippen LogP contribution in [0.2, 0.25) is 0 Å². The quantitative estimate of drug-likeness (QED) is 0.334. The minimum atomic E-state index is -0.815. The van der Waals surface area contributed by atoms with Crippen LogP contribution in [-0.2, 0) is 10.2 Å². The van der Waals surface area contributed by atoms with E-state index in [0.717, 1.165) is 22.3 Å². The number of anilines is 2. The first kappa shape index (κ1) is 26.6. The van der Waals surface area contributed by atoms with Crippen LogP contribution < -0.4 is 10.6 Å². The lowest BCUT2D eigenvalue weighted by Gasteiger charge is -2.15. The van der Waals surface area contributed by atoms with Crippen LogP contribution >= 0.6 is 0 Å². The average Bonchev–Trinajstić information content (AvgIpc) is 2.94. The minimum absolute atomic E-state index is 0.258. The Morgan fingerprint density at radius 1 is 0.872 bits per heavy atom. The Kier molecular flexibility index (Phi) is 7.74. The van der Waals surface area contributed by atoms with Gasteiger partial charge in [0, 0.05) is 35.4 Å². The first-order valence-corrected chi connectivity index (χ1v) is 12.1. The summed E-state index contributed by atoms with van der Waals surface area (Å²) >= 11 is 0. The highest BCUT2D eigenvalue weighted by Crippen LogP contribution is 2.30. The summed E-state index contributed by atoms with van der Waals surface area (Å²) in [6.45, 7) is 5.49. The van der Waals surface area contributed by atoms with E-state index in [1.165, 1.54) is 6.20 Å². The minimum Gasteiger partial charge on any atom is -0.322 e. The zero-order chi connectivity index (χ0) is 28.0. The van der Waals surface area contributed by atoms with Gasteiger partial charge in [-0.2, -0.15) is 10.5 Å². The summed E-state index contributed by atoms with van der Waals surface area (Å²) in [4.78, 5) is 37.7. The van der Waals surface area contributed by atoms with E-state index in [-0.39, 0.29) is 12.3 Å². The fourth-order valence-electron chi connectivity index (χ4n) is 3.86. The maximum Gasteiger partial charge on any atom is 0.255 e. The van der Waals surface area contributed by atoms with Gasteiger partial charge in [0.25, 0.3) is 5.91 Å². The first-order valence-electron chi connectivity index (χ1n) is 12.1. The summed E-state index contributed by atoms with van der Waals surface area (Å²) < 4.78 is 0. The predicted molar refractivity (Wildman–Crippen MR) is 147 cm³/mol. The van der Waals surface area contributed by atoms with Gasteiger partial charge in [-0.3, -0.25) is 19.6 Å². The van der Waals surface area contributed by atoms with E-state index in [2.05, 4.69) is 31.7 Å². The second-order valence-corrected chi connectivity index (χ2v) is 9.39. The summed E-state index contributed by atoms with van der Waals surface area (Å²) in [5.41, 5.74) is 4.96. The molecule has 4 rings (SSSR count). The van der Waals surface area contributed by atoms with Crippen molar-refractivity contribution in [2.45, 2.75) is 32.6 Å². The summed E-state index contributed by atoms with van der Waals surface area (Å²) in [5.74, 6) is -0.409. The van der Waals surface area contributed by atoms with Crippen molar-refractivity contribution in [1.82, 2.24) is 15.0 Å². The topological polar surface area (TPSA) is 144 Å². The standard InChI is InChI=1S/C30H25N7O2/c1-19-4-5-23(36-29(39)22-9-12-34-26(15-22)30(2,3)18-32)17-24(19)20-7-11-33-25(14-20)21-8-13-35-27(16-21)37-28(38)6-10-31/h4-5,7-9,11-17H,6H2,1-3H3,(H,36,39)(H,35,37,38). The third-order valence-electron chi connectivity index (χ3n) is 6.07. The van der Waals surface area contributed by atoms with Crippen LogP contribution in [0.5, 0.6) is 0 Å². The van der Waals surface area contributed by atoms with E-state index in [0.29, 0.717) is 28.5 Å². The molecule has 0 fully saturated rings. The molecule has 0 atom stereocenters. The summed E-state index contributed by atoms with van der Waals surface area (Å²) in [5, 5.41) is 23.7. The molecular formula is C30H25N7O2. The Bertz CT molecular complexity index is 1650. The van der Waals surface area contributed by atoms with Gasteiger partial charge in [-0.1, -0.05) is 6.07 Å². The molecule has 0 spiro atoms. The van der Waals surface area contributed by atoms with Crippen LogP contribution in [0.1, 0.15) is 41.9 Å². The number of aryl methyl sites for hydroxylation is 1. The van der Waals surface area contributed by atoms with E-state index < -0.39 is 11.3 Å². The van der Waals surface area contributed by atoms with Gasteiger partial charge in [0.15, 0.2) is 0 Å². The number of hydrogen-bond donors (Lipinski definition) is 2. The number of amides is 2. The molecule has 9 heteroatoms. The highest BCUT2D eigenvalue weighted by Gasteiger charge is 2.22. The Morgan fingerprint density at radius 2 is 1.62 bits per heavy atom. The number of nitrogens with zero attached hydrogens (tertiary/aromatic N) is 5. The summed E-state index contributed by atoms with van der Waals surface area (Å²) in [7, 11) is 0. The molecule has 2 N–H and O–H groups in total. The van der Waals surface area contributed by atoms with Crippen LogP contribution in [-0.4, -0.2) is 26.8 Å². The number of hydrogen-bond acceptors (Lipinski definition) is 7. The third kappa shape index (κ3) is 6.30. The van der Waals surface area contributed by atoms with Crippen molar-refractivity contribution in [3.8, 4) is 34.5 Å². The van der Waals surface area contributed by atoms with Crippen LogP contribution in [0.4, 0.5) is 11.5 Å². The molecule has 2 amide bonds. The third-order valence-corrected chi connectivity index (χ3v) is 6.07. The Hall–Kier alpha value is -5.41. The average molecular weight is 516 g/mol. The molecule has 0 bridgehead atoms. The zero-order valence-corrected chi connectivity index (χ0v) is 21.7. The molecule has 0 radical (unpaired) electrons. The monoisotopic (exact) mass is 515 g/mol. The number of benzene rings is 1. The van der Waals surface area contributed by atoms with Crippen molar-refractivity contribution in [3.63, 3.8) is 0 Å². The molecule has 0 saturated carbocycles. The number of nitrogens with one attached hydrogen (secondary N) is 2. The largest absolute Gasteiger partial charge is 0.322 e. The molecule has 0 aliphatic rings. The molecule has 0 unspecified atom stereocenters. The zero-order valence-electron chi connectivity index (χ0n) is 21.7. The Morgan fingerprint density at radius 3 is 2.38 bits per heavy atom. The molecule has 4 aromatic rings. The van der Waals surface area contributed by atoms with E-state index in [1.807, 2.05) is 43.3 Å². The molecular weight excluding hydrogens is 490 g/mol. The van der Waals surface area contributed by atoms with Crippen molar-refractivity contribution in [2.75, 3.05) is 10.6 Å². The van der Waals surface area contributed by atoms with Crippen LogP contribution in [0.3, 0.4) is 0 Å². The van der Waals surface area contributed by atoms with Crippen molar-refractivity contribution >= 4 is 23.3 Å². The van der Waals surface area contributed by atoms with Crippen LogP contribution in [0.15, 0.2) is 73.2 Å². The number of nitriles is 2. The fourth-order valence-corrected chi connectivity index (χ4v) is 3.86. The maximum absolute atomic E-state index is 13.0. The van der Waals surface area contributed by atoms with Gasteiger partial charge in [-0.25, -0.2) is 4.98 Å². The molecule has 0 aliphatic heterocycles. The lowest BCUT2D eigenvalue weighted by Crippen LogP contribution is -2.18. The van der Waals surface area contributed by atoms with Gasteiger partial charge in [0.05, 0.1) is 28.9 Å². The molecule has 3 heterocycles. The van der Waals surface area contributed by atoms with Gasteiger partial charge in [-0.05, 0) is 86.0 Å². The number of carbonyl (C=O) groups is 2. The molecule has 39 heavy (non-hydrogen) atoms.